The molecule has 12 heterocycles. The molecule has 18 rings (SSSR count). The van der Waals surface area contributed by atoms with Gasteiger partial charge >= 0.3 is 0 Å². The lowest BCUT2D eigenvalue weighted by Gasteiger charge is -2.31. The van der Waals surface area contributed by atoms with E-state index < -0.39 is 5.92 Å². The zero-order valence-electron chi connectivity index (χ0n) is 75.2. The average molecular weight is 1980 g/mol. The highest BCUT2D eigenvalue weighted by Crippen LogP contribution is 2.39. The van der Waals surface area contributed by atoms with Crippen molar-refractivity contribution >= 4 is 168 Å². The minimum atomic E-state index is -2.90. The molecule has 0 saturated heterocycles. The van der Waals surface area contributed by atoms with Crippen LogP contribution in [0.5, 0.6) is 0 Å². The number of nitrogens with zero attached hydrogens (tertiary/aromatic N) is 13. The first-order chi connectivity index (χ1) is 64.4. The Morgan fingerprint density at radius 1 is 0.353 bits per heavy atom. The molecule has 0 bridgehead atoms. The molecule has 6 amide bonds. The maximum atomic E-state index is 13.2. The summed E-state index contributed by atoms with van der Waals surface area (Å²) in [6, 6.07) is 66.9. The van der Waals surface area contributed by atoms with Gasteiger partial charge in [-0.25, -0.2) is 38.7 Å². The summed E-state index contributed by atoms with van der Waals surface area (Å²) >= 11 is 17.8. The van der Waals surface area contributed by atoms with Gasteiger partial charge in [0.25, 0.3) is 5.92 Å². The number of benzene rings is 6. The molecule has 0 aliphatic carbocycles. The molecule has 12 aromatic rings. The zero-order valence-corrected chi connectivity index (χ0v) is 82.5. The van der Waals surface area contributed by atoms with Crippen LogP contribution in [-0.2, 0) is 73.2 Å². The number of hydrogen-bond acceptors (Lipinski definition) is 19. The van der Waals surface area contributed by atoms with E-state index in [-0.39, 0.29) is 46.8 Å². The van der Waals surface area contributed by atoms with Gasteiger partial charge in [0.2, 0.25) is 35.4 Å². The molecule has 133 heavy (non-hydrogen) atoms. The first-order valence-electron chi connectivity index (χ1n) is 44.3. The third kappa shape index (κ3) is 28.2. The number of nitriles is 1. The van der Waals surface area contributed by atoms with Gasteiger partial charge in [0.1, 0.15) is 6.07 Å². The summed E-state index contributed by atoms with van der Waals surface area (Å²) in [5.41, 5.74) is 20.3. The Bertz CT molecular complexity index is 5930. The van der Waals surface area contributed by atoms with E-state index in [1.807, 2.05) is 135 Å². The molecule has 6 aliphatic rings. The van der Waals surface area contributed by atoms with Crippen LogP contribution in [0.3, 0.4) is 0 Å². The number of thioether (sulfide) groups is 6. The van der Waals surface area contributed by atoms with Crippen LogP contribution >= 0.6 is 98.1 Å². The third-order valence-corrected chi connectivity index (χ3v) is 29.1. The molecule has 0 fully saturated rings. The van der Waals surface area contributed by atoms with Crippen molar-refractivity contribution in [2.75, 3.05) is 103 Å². The van der Waals surface area contributed by atoms with Crippen molar-refractivity contribution in [2.24, 2.45) is 0 Å². The van der Waals surface area contributed by atoms with E-state index in [4.69, 9.17) is 16.9 Å². The maximum absolute atomic E-state index is 13.2. The fourth-order valence-electron chi connectivity index (χ4n) is 16.4. The Hall–Kier alpha value is -10.7. The minimum Gasteiger partial charge on any atom is -0.311 e. The average Bonchev–Trinajstić information content (AvgIpc) is 0.824. The molecular formula is C104H105BrClF2N13O6S6. The lowest BCUT2D eigenvalue weighted by molar-refractivity contribution is -0.117. The highest BCUT2D eigenvalue weighted by Gasteiger charge is 2.31. The number of amides is 6. The van der Waals surface area contributed by atoms with Gasteiger partial charge in [-0.3, -0.25) is 28.8 Å². The van der Waals surface area contributed by atoms with E-state index in [9.17, 15) is 37.5 Å². The molecule has 686 valence electrons. The van der Waals surface area contributed by atoms with Crippen LogP contribution in [0.25, 0.3) is 0 Å². The van der Waals surface area contributed by atoms with Gasteiger partial charge in [0.05, 0.1) is 75.3 Å². The summed E-state index contributed by atoms with van der Waals surface area (Å²) in [6.45, 7) is 15.9. The van der Waals surface area contributed by atoms with Crippen LogP contribution < -0.4 is 29.4 Å². The van der Waals surface area contributed by atoms with Crippen molar-refractivity contribution in [3.05, 3.63) is 319 Å². The molecular weight excluding hydrogens is 1870 g/mol. The smallest absolute Gasteiger partial charge is 0.272 e. The maximum Gasteiger partial charge on any atom is 0.272 e. The van der Waals surface area contributed by atoms with Gasteiger partial charge in [0, 0.05) is 128 Å². The predicted molar refractivity (Wildman–Crippen MR) is 543 cm³/mol. The second kappa shape index (κ2) is 49.5. The van der Waals surface area contributed by atoms with E-state index >= 15 is 0 Å². The molecule has 19 nitrogen and oxygen atoms in total. The van der Waals surface area contributed by atoms with Crippen molar-refractivity contribution in [3.63, 3.8) is 0 Å². The summed E-state index contributed by atoms with van der Waals surface area (Å²) in [5, 5.41) is 14.2. The number of pyridine rings is 6. The number of aryl methyl sites for hydroxylation is 11. The Morgan fingerprint density at radius 3 is 0.992 bits per heavy atom. The number of aromatic nitrogens is 6. The molecule has 0 N–H and O–H groups in total. The van der Waals surface area contributed by atoms with E-state index in [2.05, 4.69) is 152 Å². The van der Waals surface area contributed by atoms with Crippen molar-refractivity contribution in [2.45, 2.75) is 155 Å². The number of rotatable bonds is 19. The zero-order chi connectivity index (χ0) is 93.8. The van der Waals surface area contributed by atoms with Crippen LogP contribution in [0.1, 0.15) is 118 Å². The fourth-order valence-corrected chi connectivity index (χ4v) is 21.1. The third-order valence-electron chi connectivity index (χ3n) is 22.8. The minimum absolute atomic E-state index is 0.0128. The van der Waals surface area contributed by atoms with Crippen LogP contribution in [0, 0.1) is 45.9 Å². The molecule has 0 atom stereocenters. The molecule has 6 aromatic carbocycles. The molecule has 6 aromatic heterocycles. The Labute approximate surface area is 816 Å². The molecule has 6 aliphatic heterocycles. The van der Waals surface area contributed by atoms with E-state index in [0.717, 1.165) is 192 Å². The molecule has 0 unspecified atom stereocenters. The molecule has 0 spiro atoms. The van der Waals surface area contributed by atoms with Crippen LogP contribution in [-0.4, -0.2) is 139 Å². The van der Waals surface area contributed by atoms with E-state index in [1.165, 1.54) is 145 Å². The van der Waals surface area contributed by atoms with Gasteiger partial charge in [-0.05, 0) is 268 Å². The summed E-state index contributed by atoms with van der Waals surface area (Å²) in [4.78, 5) is 112. The van der Waals surface area contributed by atoms with Gasteiger partial charge in [0.15, 0.2) is 0 Å². The second-order valence-electron chi connectivity index (χ2n) is 32.5. The van der Waals surface area contributed by atoms with Crippen LogP contribution in [0.15, 0.2) is 272 Å². The topological polar surface area (TPSA) is 223 Å². The highest BCUT2D eigenvalue weighted by atomic mass is 79.9. The van der Waals surface area contributed by atoms with Crippen molar-refractivity contribution in [1.82, 2.24) is 29.9 Å². The Balaban J connectivity index is 0.000000136. The predicted octanol–water partition coefficient (Wildman–Crippen LogP) is 22.9. The van der Waals surface area contributed by atoms with Crippen molar-refractivity contribution in [3.8, 4) is 6.07 Å². The van der Waals surface area contributed by atoms with Crippen molar-refractivity contribution < 1.29 is 37.5 Å². The first kappa shape index (κ1) is 99.7. The van der Waals surface area contributed by atoms with Gasteiger partial charge in [-0.1, -0.05) is 203 Å². The normalized spacial score (nSPS) is 13.8. The molecule has 0 saturated carbocycles. The van der Waals surface area contributed by atoms with Crippen LogP contribution in [0.2, 0.25) is 5.02 Å². The first-order valence-corrected chi connectivity index (χ1v) is 51.4. The Morgan fingerprint density at radius 2 is 0.669 bits per heavy atom. The number of hydrogen-bond donors (Lipinski definition) is 0. The summed E-state index contributed by atoms with van der Waals surface area (Å²) in [7, 11) is 0. The van der Waals surface area contributed by atoms with Gasteiger partial charge in [-0.15, -0.1) is 0 Å². The lowest BCUT2D eigenvalue weighted by Crippen LogP contribution is -2.37. The number of fused-ring (bicyclic) bond motifs is 6. The number of carbonyl (C=O) groups is 6. The van der Waals surface area contributed by atoms with Crippen LogP contribution in [0.4, 0.5) is 42.9 Å². The monoisotopic (exact) mass is 1980 g/mol. The summed E-state index contributed by atoms with van der Waals surface area (Å²) < 4.78 is 27.3. The number of anilines is 6. The fraction of sp³-hybridized carbons (Fsp3) is 0.298. The number of alkyl halides is 2. The largest absolute Gasteiger partial charge is 0.311 e. The van der Waals surface area contributed by atoms with E-state index in [0.29, 0.717) is 50.9 Å². The SMILES string of the molecule is CC(F)(F)c1ccc(SCC(=O)N2CCCc3ccccc32)nc1.Cc1ccc(SCC(=O)N2CCCc3cccc(C)c32)nc1.Cc1cccc2c1N(C(=O)CSc1ccc(Br)cn1)CCC2.Cc1cccc2c1N(C(=O)CSc1ccc(C#N)cn1)CCC2.Cc1cccc2c1N(C(=O)CSc1ccccn1)CCC2.O=C(CSc1ccc(Cl)cn1)N1CCCc2ccccc21. The summed E-state index contributed by atoms with van der Waals surface area (Å²) in [6.07, 6.45) is 22.0. The standard InChI is InChI=1S/C18H18F2N2OS.C18H17N3OS.C18H20N2OS.C17H17BrN2OS.C17H18N2OS.C16H15ClN2OS/c1-18(19,20)14-8-9-16(21-11-14)24-12-17(23)22-10-4-6-13-5-2-3-7-15(13)22;1-13-4-2-5-15-6-3-9-21(18(13)15)17(22)12-23-16-8-7-14(10-19)11-20-16;1-13-8-9-16(19-11-13)22-12-17(21)20-10-4-7-15-6-3-5-14(2)18(15)20;1-12-4-2-5-13-6-3-9-20(17(12)13)16(21)11-22-15-8-7-14(18)10-19-15;1-13-6-4-7-14-8-5-11-19(17(13)14)16(20)12-21-15-9-2-3-10-18-15;17-13-7-8-15(18-10-13)21-11-16(20)19-9-3-5-12-4-1-2-6-14(12)19/h2-3,5,7-9,11H,4,6,10,12H2,1H3;2,4-5,7-8,11H,3,6,9,12H2,1H3;3,5-6,8-9,11H,4,7,10,12H2,1-2H3;2,4-5,7-8,10H,3,6,9,11H2,1H3;2-4,6-7,9-10H,5,8,11-12H2,1H3;1-2,4,6-8,10H,3,5,9,11H2. The molecule has 0 radical (unpaired) electrons. The highest BCUT2D eigenvalue weighted by molar-refractivity contribution is 9.10. The second-order valence-corrected chi connectivity index (χ2v) is 39.8. The van der Waals surface area contributed by atoms with Crippen molar-refractivity contribution in [1.29, 1.82) is 5.26 Å². The number of halogens is 4. The van der Waals surface area contributed by atoms with Gasteiger partial charge < -0.3 is 29.4 Å². The molecule has 29 heteroatoms. The quantitative estimate of drug-likeness (QED) is 0.0686. The lowest BCUT2D eigenvalue weighted by atomic mass is 9.98. The number of para-hydroxylation sites is 6. The number of carbonyl (C=O) groups excluding carboxylic acids is 6. The van der Waals surface area contributed by atoms with E-state index in [1.54, 1.807) is 41.7 Å². The summed E-state index contributed by atoms with van der Waals surface area (Å²) in [5.74, 6) is 0.118. The Kier molecular flexibility index (Phi) is 37.1. The van der Waals surface area contributed by atoms with Gasteiger partial charge in [-0.2, -0.15) is 5.26 Å².